The van der Waals surface area contributed by atoms with Crippen LogP contribution in [-0.4, -0.2) is 18.6 Å². The van der Waals surface area contributed by atoms with E-state index in [2.05, 4.69) is 4.74 Å². The maximum absolute atomic E-state index is 13.5. The SMILES string of the molecule is O=C1N[C@H](c2cc(I)ccc2F)C(F)(F)CO1. The Labute approximate surface area is 108 Å². The van der Waals surface area contributed by atoms with Gasteiger partial charge < -0.3 is 10.1 Å². The molecule has 1 aliphatic heterocycles. The van der Waals surface area contributed by atoms with Gasteiger partial charge in [-0.25, -0.2) is 18.0 Å². The summed E-state index contributed by atoms with van der Waals surface area (Å²) in [5.74, 6) is -4.11. The summed E-state index contributed by atoms with van der Waals surface area (Å²) in [6.07, 6.45) is -0.973. The van der Waals surface area contributed by atoms with Crippen LogP contribution in [-0.2, 0) is 4.74 Å². The topological polar surface area (TPSA) is 38.3 Å². The number of hydrogen-bond donors (Lipinski definition) is 1. The largest absolute Gasteiger partial charge is 0.443 e. The molecule has 1 aromatic rings. The van der Waals surface area contributed by atoms with Crippen LogP contribution >= 0.6 is 22.6 Å². The van der Waals surface area contributed by atoms with E-state index in [1.165, 1.54) is 12.1 Å². The van der Waals surface area contributed by atoms with Gasteiger partial charge in [-0.05, 0) is 40.8 Å². The van der Waals surface area contributed by atoms with Gasteiger partial charge in [0.05, 0.1) is 0 Å². The highest BCUT2D eigenvalue weighted by atomic mass is 127. The maximum atomic E-state index is 13.5. The summed E-state index contributed by atoms with van der Waals surface area (Å²) in [7, 11) is 0. The minimum Gasteiger partial charge on any atom is -0.443 e. The van der Waals surface area contributed by atoms with Crippen molar-refractivity contribution in [2.24, 2.45) is 0 Å². The Morgan fingerprint density at radius 1 is 1.47 bits per heavy atom. The Hall–Kier alpha value is -0.990. The number of alkyl carbamates (subject to hydrolysis) is 1. The summed E-state index contributed by atoms with van der Waals surface area (Å²) >= 11 is 1.88. The quantitative estimate of drug-likeness (QED) is 0.786. The molecular weight excluding hydrogens is 350 g/mol. The molecule has 92 valence electrons. The predicted octanol–water partition coefficient (Wildman–Crippen LogP) is 2.85. The van der Waals surface area contributed by atoms with Crippen LogP contribution in [0.3, 0.4) is 0 Å². The number of hydrogen-bond acceptors (Lipinski definition) is 2. The average Bonchev–Trinajstić information content (AvgIpc) is 2.26. The Morgan fingerprint density at radius 3 is 2.88 bits per heavy atom. The van der Waals surface area contributed by atoms with Gasteiger partial charge >= 0.3 is 12.0 Å². The number of alkyl halides is 2. The predicted molar refractivity (Wildman–Crippen MR) is 61.3 cm³/mol. The summed E-state index contributed by atoms with van der Waals surface area (Å²) in [6.45, 7) is -1.05. The van der Waals surface area contributed by atoms with Gasteiger partial charge in [-0.2, -0.15) is 0 Å². The van der Waals surface area contributed by atoms with Crippen molar-refractivity contribution in [3.05, 3.63) is 33.1 Å². The number of halogens is 4. The zero-order chi connectivity index (χ0) is 12.6. The normalized spacial score (nSPS) is 22.8. The molecule has 17 heavy (non-hydrogen) atoms. The minimum atomic E-state index is -3.33. The van der Waals surface area contributed by atoms with E-state index in [1.54, 1.807) is 0 Å². The Morgan fingerprint density at radius 2 is 2.18 bits per heavy atom. The fourth-order valence-electron chi connectivity index (χ4n) is 1.55. The highest BCUT2D eigenvalue weighted by Crippen LogP contribution is 2.36. The smallest absolute Gasteiger partial charge is 0.408 e. The van der Waals surface area contributed by atoms with E-state index in [1.807, 2.05) is 27.9 Å². The first-order valence-electron chi connectivity index (χ1n) is 4.66. The zero-order valence-corrected chi connectivity index (χ0v) is 10.5. The molecule has 2 rings (SSSR count). The van der Waals surface area contributed by atoms with E-state index in [0.29, 0.717) is 3.57 Å². The van der Waals surface area contributed by atoms with E-state index < -0.39 is 30.5 Å². The molecular formula is C10H7F3INO2. The zero-order valence-electron chi connectivity index (χ0n) is 8.34. The second-order valence-electron chi connectivity index (χ2n) is 3.58. The van der Waals surface area contributed by atoms with Crippen LogP contribution in [0.25, 0.3) is 0 Å². The second kappa shape index (κ2) is 4.35. The van der Waals surface area contributed by atoms with Gasteiger partial charge in [0, 0.05) is 9.13 Å². The number of ether oxygens (including phenoxy) is 1. The van der Waals surface area contributed by atoms with Gasteiger partial charge in [-0.15, -0.1) is 0 Å². The van der Waals surface area contributed by atoms with E-state index >= 15 is 0 Å². The number of rotatable bonds is 1. The molecule has 1 N–H and O–H groups in total. The van der Waals surface area contributed by atoms with Crippen LogP contribution in [0.4, 0.5) is 18.0 Å². The standard InChI is InChI=1S/C10H7F3INO2/c11-7-2-1-5(14)3-6(7)8-10(12,13)4-17-9(16)15-8/h1-3,8H,4H2,(H,15,16)/t8-/m1/s1. The molecule has 1 fully saturated rings. The number of cyclic esters (lactones) is 1. The molecule has 1 saturated heterocycles. The molecule has 0 aliphatic carbocycles. The van der Waals surface area contributed by atoms with Gasteiger partial charge in [-0.1, -0.05) is 0 Å². The van der Waals surface area contributed by atoms with E-state index in [-0.39, 0.29) is 5.56 Å². The van der Waals surface area contributed by atoms with Crippen molar-refractivity contribution in [1.82, 2.24) is 5.32 Å². The fraction of sp³-hybridized carbons (Fsp3) is 0.300. The van der Waals surface area contributed by atoms with Crippen LogP contribution in [0.15, 0.2) is 18.2 Å². The lowest BCUT2D eigenvalue weighted by molar-refractivity contribution is -0.105. The van der Waals surface area contributed by atoms with Crippen molar-refractivity contribution in [2.45, 2.75) is 12.0 Å². The van der Waals surface area contributed by atoms with Crippen LogP contribution in [0.5, 0.6) is 0 Å². The van der Waals surface area contributed by atoms with E-state index in [4.69, 9.17) is 0 Å². The highest BCUT2D eigenvalue weighted by Gasteiger charge is 2.47. The van der Waals surface area contributed by atoms with Crippen LogP contribution in [0.2, 0.25) is 0 Å². The third kappa shape index (κ3) is 2.48. The lowest BCUT2D eigenvalue weighted by Crippen LogP contribution is -2.49. The lowest BCUT2D eigenvalue weighted by Gasteiger charge is -2.32. The summed E-state index contributed by atoms with van der Waals surface area (Å²) in [4.78, 5) is 10.9. The number of carbonyl (C=O) groups is 1. The molecule has 0 bridgehead atoms. The van der Waals surface area contributed by atoms with Gasteiger partial charge in [0.1, 0.15) is 11.9 Å². The third-order valence-electron chi connectivity index (χ3n) is 2.35. The first kappa shape index (κ1) is 12.5. The maximum Gasteiger partial charge on any atom is 0.408 e. The Balaban J connectivity index is 2.42. The highest BCUT2D eigenvalue weighted by molar-refractivity contribution is 14.1. The number of amides is 1. The first-order chi connectivity index (χ1) is 7.90. The first-order valence-corrected chi connectivity index (χ1v) is 5.74. The van der Waals surface area contributed by atoms with Crippen molar-refractivity contribution in [2.75, 3.05) is 6.61 Å². The molecule has 1 amide bonds. The number of nitrogens with one attached hydrogen (secondary N) is 1. The molecule has 0 spiro atoms. The molecule has 1 aliphatic rings. The van der Waals surface area contributed by atoms with Crippen LogP contribution in [0.1, 0.15) is 11.6 Å². The van der Waals surface area contributed by atoms with Crippen LogP contribution in [0, 0.1) is 9.39 Å². The molecule has 1 atom stereocenters. The fourth-order valence-corrected chi connectivity index (χ4v) is 2.07. The average molecular weight is 357 g/mol. The van der Waals surface area contributed by atoms with Crippen molar-refractivity contribution >= 4 is 28.7 Å². The Kier molecular flexibility index (Phi) is 3.19. The molecule has 1 heterocycles. The molecule has 0 radical (unpaired) electrons. The minimum absolute atomic E-state index is 0.237. The Bertz CT molecular complexity index is 467. The third-order valence-corrected chi connectivity index (χ3v) is 3.02. The monoisotopic (exact) mass is 357 g/mol. The van der Waals surface area contributed by atoms with Gasteiger partial charge in [0.25, 0.3) is 0 Å². The molecule has 1 aromatic carbocycles. The van der Waals surface area contributed by atoms with Crippen molar-refractivity contribution in [3.8, 4) is 0 Å². The second-order valence-corrected chi connectivity index (χ2v) is 4.83. The molecule has 7 heteroatoms. The van der Waals surface area contributed by atoms with E-state index in [0.717, 1.165) is 6.07 Å². The summed E-state index contributed by atoms with van der Waals surface area (Å²) < 4.78 is 45.4. The van der Waals surface area contributed by atoms with Gasteiger partial charge in [0.15, 0.2) is 6.61 Å². The van der Waals surface area contributed by atoms with Crippen LogP contribution < -0.4 is 5.32 Å². The van der Waals surface area contributed by atoms with Gasteiger partial charge in [-0.3, -0.25) is 0 Å². The summed E-state index contributed by atoms with van der Waals surface area (Å²) in [5.41, 5.74) is -0.237. The van der Waals surface area contributed by atoms with Crippen molar-refractivity contribution in [1.29, 1.82) is 0 Å². The molecule has 0 saturated carbocycles. The van der Waals surface area contributed by atoms with Crippen molar-refractivity contribution in [3.63, 3.8) is 0 Å². The summed E-state index contributed by atoms with van der Waals surface area (Å²) in [6, 6.07) is 2.13. The van der Waals surface area contributed by atoms with Gasteiger partial charge in [0.2, 0.25) is 0 Å². The summed E-state index contributed by atoms with van der Waals surface area (Å²) in [5, 5.41) is 1.94. The number of carbonyl (C=O) groups excluding carboxylic acids is 1. The molecule has 0 unspecified atom stereocenters. The molecule has 0 aromatic heterocycles. The lowest BCUT2D eigenvalue weighted by atomic mass is 10.00. The van der Waals surface area contributed by atoms with E-state index in [9.17, 15) is 18.0 Å². The molecule has 3 nitrogen and oxygen atoms in total. The van der Waals surface area contributed by atoms with Crippen molar-refractivity contribution < 1.29 is 22.7 Å². The number of benzene rings is 1.